The predicted molar refractivity (Wildman–Crippen MR) is 111 cm³/mol. The fourth-order valence-electron chi connectivity index (χ4n) is 7.32. The highest BCUT2D eigenvalue weighted by atomic mass is 16.7. The van der Waals surface area contributed by atoms with Gasteiger partial charge in [0.05, 0.1) is 25.7 Å². The van der Waals surface area contributed by atoms with Gasteiger partial charge >= 0.3 is 5.97 Å². The van der Waals surface area contributed by atoms with E-state index in [-0.39, 0.29) is 35.9 Å². The van der Waals surface area contributed by atoms with Crippen molar-refractivity contribution in [2.45, 2.75) is 77.4 Å². The molecule has 5 heteroatoms. The Morgan fingerprint density at radius 2 is 1.67 bits per heavy atom. The van der Waals surface area contributed by atoms with E-state index in [0.717, 1.165) is 31.1 Å². The van der Waals surface area contributed by atoms with Gasteiger partial charge in [-0.1, -0.05) is 26.2 Å². The number of rotatable bonds is 4. The molecule has 6 atom stereocenters. The molecule has 4 aliphatic carbocycles. The summed E-state index contributed by atoms with van der Waals surface area (Å²) >= 11 is 0. The Labute approximate surface area is 180 Å². The van der Waals surface area contributed by atoms with Crippen molar-refractivity contribution in [2.75, 3.05) is 19.8 Å². The van der Waals surface area contributed by atoms with Crippen molar-refractivity contribution in [3.05, 3.63) is 0 Å². The van der Waals surface area contributed by atoms with Crippen LogP contribution in [0.5, 0.6) is 0 Å². The van der Waals surface area contributed by atoms with E-state index in [1.165, 1.54) is 38.5 Å². The largest absolute Gasteiger partial charge is 0.465 e. The minimum atomic E-state index is -0.116. The number of esters is 1. The fourth-order valence-corrected chi connectivity index (χ4v) is 7.32. The summed E-state index contributed by atoms with van der Waals surface area (Å²) in [5.41, 5.74) is 0. The maximum absolute atomic E-state index is 12.7. The molecule has 0 amide bonds. The van der Waals surface area contributed by atoms with Gasteiger partial charge in [0, 0.05) is 23.7 Å². The Bertz CT molecular complexity index is 625. The molecule has 0 aromatic carbocycles. The lowest BCUT2D eigenvalue weighted by Gasteiger charge is -2.43. The van der Waals surface area contributed by atoms with Crippen LogP contribution >= 0.6 is 0 Å². The first-order valence-electron chi connectivity index (χ1n) is 12.5. The molecule has 0 radical (unpaired) electrons. The van der Waals surface area contributed by atoms with Crippen LogP contribution in [0.1, 0.15) is 71.1 Å². The topological polar surface area (TPSA) is 61.8 Å². The van der Waals surface area contributed by atoms with Gasteiger partial charge < -0.3 is 14.2 Å². The SMILES string of the molecule is CC1CC2CC(C(=O)OCC3COC(C4CC5CCCC(C5)C4)OC3)CC(C2)C1=O. The van der Waals surface area contributed by atoms with Gasteiger partial charge in [-0.05, 0) is 62.7 Å². The van der Waals surface area contributed by atoms with E-state index in [0.29, 0.717) is 43.9 Å². The number of hydrogen-bond donors (Lipinski definition) is 0. The average Bonchev–Trinajstić information content (AvgIpc) is 2.76. The molecule has 0 spiro atoms. The molecule has 0 N–H and O–H groups in total. The average molecular weight is 419 g/mol. The standard InChI is InChI=1S/C25H38O5/c1-15-5-18-9-20(23(15)26)11-21(10-18)24(27)28-12-19-13-29-25(30-14-19)22-7-16-3-2-4-17(6-16)8-22/h15-22,25H,2-14H2,1H3. The van der Waals surface area contributed by atoms with Crippen molar-refractivity contribution >= 4 is 11.8 Å². The van der Waals surface area contributed by atoms with Crippen LogP contribution in [0.2, 0.25) is 0 Å². The summed E-state index contributed by atoms with van der Waals surface area (Å²) in [5.74, 6) is 3.29. The Hall–Kier alpha value is -0.940. The zero-order valence-corrected chi connectivity index (χ0v) is 18.4. The Morgan fingerprint density at radius 3 is 2.40 bits per heavy atom. The smallest absolute Gasteiger partial charge is 0.308 e. The summed E-state index contributed by atoms with van der Waals surface area (Å²) in [6.45, 7) is 3.65. The van der Waals surface area contributed by atoms with Crippen LogP contribution in [0.25, 0.3) is 0 Å². The number of Topliss-reactive ketones (excluding diaryl/α,β-unsaturated/α-hetero) is 1. The molecule has 30 heavy (non-hydrogen) atoms. The zero-order valence-electron chi connectivity index (χ0n) is 18.4. The fraction of sp³-hybridized carbons (Fsp3) is 0.920. The van der Waals surface area contributed by atoms with E-state index in [4.69, 9.17) is 14.2 Å². The monoisotopic (exact) mass is 418 g/mol. The Morgan fingerprint density at radius 1 is 0.933 bits per heavy atom. The minimum absolute atomic E-state index is 0.0638. The zero-order chi connectivity index (χ0) is 20.7. The number of hydrogen-bond acceptors (Lipinski definition) is 5. The van der Waals surface area contributed by atoms with Gasteiger partial charge in [-0.3, -0.25) is 9.59 Å². The van der Waals surface area contributed by atoms with E-state index in [1.807, 2.05) is 6.92 Å². The van der Waals surface area contributed by atoms with Crippen LogP contribution in [0.3, 0.4) is 0 Å². The minimum Gasteiger partial charge on any atom is -0.465 e. The summed E-state index contributed by atoms with van der Waals surface area (Å²) < 4.78 is 17.9. The molecule has 5 aliphatic rings. The van der Waals surface area contributed by atoms with Crippen molar-refractivity contribution in [1.82, 2.24) is 0 Å². The number of carbonyl (C=O) groups excluding carboxylic acids is 2. The van der Waals surface area contributed by atoms with Crippen LogP contribution in [0.4, 0.5) is 0 Å². The van der Waals surface area contributed by atoms with Gasteiger partial charge in [-0.25, -0.2) is 0 Å². The van der Waals surface area contributed by atoms with E-state index in [9.17, 15) is 9.59 Å². The summed E-state index contributed by atoms with van der Waals surface area (Å²) in [6, 6.07) is 0. The molecule has 5 nitrogen and oxygen atoms in total. The lowest BCUT2D eigenvalue weighted by atomic mass is 9.64. The molecule has 5 fully saturated rings. The second-order valence-electron chi connectivity index (χ2n) is 11.2. The quantitative estimate of drug-likeness (QED) is 0.634. The number of fused-ring (bicyclic) bond motifs is 4. The normalized spacial score (nSPS) is 46.3. The van der Waals surface area contributed by atoms with Crippen LogP contribution in [0.15, 0.2) is 0 Å². The van der Waals surface area contributed by atoms with Crippen LogP contribution in [-0.4, -0.2) is 37.9 Å². The number of carbonyl (C=O) groups is 2. The third-order valence-corrected chi connectivity index (χ3v) is 8.72. The van der Waals surface area contributed by atoms with E-state index in [1.54, 1.807) is 0 Å². The number of ketones is 1. The third-order valence-electron chi connectivity index (χ3n) is 8.72. The summed E-state index contributed by atoms with van der Waals surface area (Å²) in [6.07, 6.45) is 11.5. The predicted octanol–water partition coefficient (Wildman–Crippen LogP) is 4.38. The Kier molecular flexibility index (Phi) is 6.21. The molecule has 5 rings (SSSR count). The van der Waals surface area contributed by atoms with Crippen molar-refractivity contribution in [1.29, 1.82) is 0 Å². The highest BCUT2D eigenvalue weighted by Crippen LogP contribution is 2.45. The molecule has 1 heterocycles. The molecule has 168 valence electrons. The van der Waals surface area contributed by atoms with Crippen LogP contribution in [0, 0.1) is 47.3 Å². The molecular weight excluding hydrogens is 380 g/mol. The molecular formula is C25H38O5. The van der Waals surface area contributed by atoms with E-state index >= 15 is 0 Å². The first-order valence-corrected chi connectivity index (χ1v) is 12.5. The number of ether oxygens (including phenoxy) is 3. The lowest BCUT2D eigenvalue weighted by Crippen LogP contribution is -2.43. The molecule has 6 unspecified atom stereocenters. The molecule has 4 bridgehead atoms. The van der Waals surface area contributed by atoms with Crippen molar-refractivity contribution in [3.8, 4) is 0 Å². The van der Waals surface area contributed by atoms with Gasteiger partial charge in [-0.2, -0.15) is 0 Å². The highest BCUT2D eigenvalue weighted by Gasteiger charge is 2.43. The van der Waals surface area contributed by atoms with Crippen LogP contribution in [-0.2, 0) is 23.8 Å². The summed E-state index contributed by atoms with van der Waals surface area (Å²) in [7, 11) is 0. The van der Waals surface area contributed by atoms with Crippen molar-refractivity contribution < 1.29 is 23.8 Å². The molecule has 0 aromatic rings. The second-order valence-corrected chi connectivity index (χ2v) is 11.2. The van der Waals surface area contributed by atoms with Gasteiger partial charge in [0.15, 0.2) is 6.29 Å². The van der Waals surface area contributed by atoms with E-state index in [2.05, 4.69) is 0 Å². The highest BCUT2D eigenvalue weighted by molar-refractivity contribution is 5.85. The first-order chi connectivity index (χ1) is 14.5. The van der Waals surface area contributed by atoms with E-state index < -0.39 is 0 Å². The van der Waals surface area contributed by atoms with Gasteiger partial charge in [0.25, 0.3) is 0 Å². The Balaban J connectivity index is 1.05. The maximum Gasteiger partial charge on any atom is 0.308 e. The van der Waals surface area contributed by atoms with Gasteiger partial charge in [0.1, 0.15) is 5.78 Å². The maximum atomic E-state index is 12.7. The second kappa shape index (κ2) is 8.90. The molecule has 1 aliphatic heterocycles. The van der Waals surface area contributed by atoms with Crippen molar-refractivity contribution in [2.24, 2.45) is 47.3 Å². The van der Waals surface area contributed by atoms with Gasteiger partial charge in [0.2, 0.25) is 0 Å². The molecule has 0 aromatic heterocycles. The summed E-state index contributed by atoms with van der Waals surface area (Å²) in [4.78, 5) is 25.0. The van der Waals surface area contributed by atoms with Crippen LogP contribution < -0.4 is 0 Å². The van der Waals surface area contributed by atoms with Gasteiger partial charge in [-0.15, -0.1) is 0 Å². The molecule has 1 saturated heterocycles. The lowest BCUT2D eigenvalue weighted by molar-refractivity contribution is -0.238. The first kappa shape index (κ1) is 20.9. The third kappa shape index (κ3) is 4.48. The molecule has 4 saturated carbocycles. The summed E-state index contributed by atoms with van der Waals surface area (Å²) in [5, 5.41) is 0. The van der Waals surface area contributed by atoms with Crippen molar-refractivity contribution in [3.63, 3.8) is 0 Å².